The van der Waals surface area contributed by atoms with Gasteiger partial charge in [-0.3, -0.25) is 0 Å². The van der Waals surface area contributed by atoms with Gasteiger partial charge >= 0.3 is 20.1 Å². The molecule has 0 aliphatic rings. The van der Waals surface area contributed by atoms with Crippen LogP contribution in [0.3, 0.4) is 0 Å². The first-order valence-electron chi connectivity index (χ1n) is 25.3. The molecule has 0 N–H and O–H groups in total. The van der Waals surface area contributed by atoms with E-state index in [2.05, 4.69) is 45.3 Å². The van der Waals surface area contributed by atoms with E-state index >= 15 is 0 Å². The van der Waals surface area contributed by atoms with E-state index in [1.165, 1.54) is 54.9 Å². The predicted octanol–water partition coefficient (Wildman–Crippen LogP) is 12.9. The summed E-state index contributed by atoms with van der Waals surface area (Å²) in [7, 11) is 0. The van der Waals surface area contributed by atoms with Gasteiger partial charge in [-0.25, -0.2) is 4.98 Å². The maximum atomic E-state index is 9.73. The molecule has 11 aromatic rings. The summed E-state index contributed by atoms with van der Waals surface area (Å²) >= 11 is 0. The summed E-state index contributed by atoms with van der Waals surface area (Å²) < 4.78 is 78.9. The van der Waals surface area contributed by atoms with Crippen molar-refractivity contribution >= 4 is 27.3 Å². The first-order valence-corrected chi connectivity index (χ1v) is 21.3. The van der Waals surface area contributed by atoms with Gasteiger partial charge in [0.1, 0.15) is 0 Å². The van der Waals surface area contributed by atoms with Crippen molar-refractivity contribution in [2.75, 3.05) is 0 Å². The zero-order valence-electron chi connectivity index (χ0n) is 43.8. The Labute approximate surface area is 419 Å². The first-order chi connectivity index (χ1) is 36.1. The van der Waals surface area contributed by atoms with E-state index in [0.29, 0.717) is 55.8 Å². The second kappa shape index (κ2) is 19.2. The molecule has 0 amide bonds. The quantitative estimate of drug-likeness (QED) is 0.0944. The number of hydrogen-bond acceptors (Lipinski definition) is 6. The van der Waals surface area contributed by atoms with Gasteiger partial charge in [-0.2, -0.15) is 10.5 Å². The van der Waals surface area contributed by atoms with Gasteiger partial charge in [0.25, 0.3) is 0 Å². The minimum Gasteiger partial charge on any atom is -0.341 e. The van der Waals surface area contributed by atoms with Crippen LogP contribution in [0.4, 0.5) is 0 Å². The molecule has 11 rings (SSSR count). The topological polar surface area (TPSA) is 104 Å². The van der Waals surface area contributed by atoms with Crippen molar-refractivity contribution in [2.45, 2.75) is 25.5 Å². The molecule has 7 nitrogen and oxygen atoms in total. The summed E-state index contributed by atoms with van der Waals surface area (Å²) in [6, 6.07) is 56.2. The predicted molar refractivity (Wildman–Crippen MR) is 264 cm³/mol. The van der Waals surface area contributed by atoms with Crippen LogP contribution in [0.2, 0.25) is 0 Å². The summed E-state index contributed by atoms with van der Waals surface area (Å²) in [5, 5.41) is 20.5. The molecule has 0 aliphatic carbocycles. The van der Waals surface area contributed by atoms with Crippen molar-refractivity contribution in [3.8, 4) is 68.0 Å². The Hall–Kier alpha value is -8.39. The Morgan fingerprint density at radius 2 is 1.13 bits per heavy atom. The zero-order chi connectivity index (χ0) is 52.3. The third-order valence-corrected chi connectivity index (χ3v) is 11.5. The first kappa shape index (κ1) is 34.9. The van der Waals surface area contributed by atoms with E-state index in [4.69, 9.17) is 4.98 Å². The molecule has 322 valence electrons. The number of fused-ring (bicyclic) bond motifs is 6. The van der Waals surface area contributed by atoms with E-state index < -0.39 is 25.5 Å². The van der Waals surface area contributed by atoms with Crippen molar-refractivity contribution in [3.63, 3.8) is 0 Å². The Morgan fingerprint density at radius 1 is 0.515 bits per heavy atom. The molecule has 0 bridgehead atoms. The van der Waals surface area contributed by atoms with Crippen LogP contribution in [0, 0.1) is 40.9 Å². The molecule has 0 spiro atoms. The van der Waals surface area contributed by atoms with Crippen LogP contribution in [-0.2, 0) is 45.6 Å². The average molecular weight is 1060 g/mol. The van der Waals surface area contributed by atoms with Crippen molar-refractivity contribution in [3.05, 3.63) is 234 Å². The molecule has 0 fully saturated rings. The third kappa shape index (κ3) is 8.59. The van der Waals surface area contributed by atoms with E-state index in [9.17, 15) is 21.5 Å². The molecule has 8 heteroatoms. The van der Waals surface area contributed by atoms with Crippen LogP contribution in [0.25, 0.3) is 83.2 Å². The number of hydrogen-bond donors (Lipinski definition) is 0. The van der Waals surface area contributed by atoms with E-state index in [-0.39, 0.29) is 47.9 Å². The van der Waals surface area contributed by atoms with E-state index in [1.54, 1.807) is 61.2 Å². The average Bonchev–Trinajstić information content (AvgIpc) is 4.04. The number of aromatic nitrogens is 5. The van der Waals surface area contributed by atoms with Crippen LogP contribution in [0.15, 0.2) is 183 Å². The van der Waals surface area contributed by atoms with Crippen LogP contribution >= 0.6 is 0 Å². The zero-order valence-corrected chi connectivity index (χ0v) is 38.2. The second-order valence-corrected chi connectivity index (χ2v) is 15.6. The van der Waals surface area contributed by atoms with Gasteiger partial charge < -0.3 is 19.4 Å². The standard InChI is InChI=1S/C60H38N7.Ir/c61-33-44-10-8-14-47(31-44)54-26-24-40(35-64-54)20-22-42-28-43(23-21-41-25-27-55(65-36-41)48-15-9-11-45(32-48)34-62)30-49(29-42)50-16-4-5-17-51(50)53-37-66-60-52-18-6-7-19-56(52)67-39-63-38-57(67)59(60)58(53)46-12-2-1-3-13-46;/h1-13,16-17,19,24-32,35-39H,20-23H2;/q-3;+3/i20D2,21D2,22D2,23D2;. The molecule has 0 radical (unpaired) electrons. The fourth-order valence-electron chi connectivity index (χ4n) is 8.36. The molecule has 0 saturated carbocycles. The molecule has 68 heavy (non-hydrogen) atoms. The summed E-state index contributed by atoms with van der Waals surface area (Å²) in [6.45, 7) is 0. The van der Waals surface area contributed by atoms with Crippen LogP contribution in [0.5, 0.6) is 0 Å². The van der Waals surface area contributed by atoms with Crippen molar-refractivity contribution in [2.24, 2.45) is 0 Å². The molecule has 0 unspecified atom stereocenters. The van der Waals surface area contributed by atoms with Gasteiger partial charge in [0.15, 0.2) is 0 Å². The van der Waals surface area contributed by atoms with Crippen LogP contribution < -0.4 is 0 Å². The molecular weight excluding hydrogens is 1010 g/mol. The summed E-state index contributed by atoms with van der Waals surface area (Å²) in [5.41, 5.74) is 7.89. The van der Waals surface area contributed by atoms with Crippen LogP contribution in [0.1, 0.15) is 44.3 Å². The summed E-state index contributed by atoms with van der Waals surface area (Å²) in [4.78, 5) is 18.6. The van der Waals surface area contributed by atoms with Gasteiger partial charge in [-0.05, 0) is 114 Å². The van der Waals surface area contributed by atoms with E-state index in [0.717, 1.165) is 32.9 Å². The fraction of sp³-hybridized carbons (Fsp3) is 0.0667. The van der Waals surface area contributed by atoms with Crippen molar-refractivity contribution in [1.29, 1.82) is 10.5 Å². The second-order valence-electron chi connectivity index (χ2n) is 15.6. The molecule has 0 aliphatic heterocycles. The minimum absolute atomic E-state index is 0. The molecule has 6 aromatic carbocycles. The third-order valence-electron chi connectivity index (χ3n) is 11.5. The Kier molecular flexibility index (Phi) is 9.86. The van der Waals surface area contributed by atoms with Gasteiger partial charge in [-0.1, -0.05) is 97.1 Å². The van der Waals surface area contributed by atoms with Crippen molar-refractivity contribution in [1.82, 2.24) is 24.3 Å². The molecule has 5 heterocycles. The molecule has 5 aromatic heterocycles. The maximum Gasteiger partial charge on any atom is 3.00 e. The monoisotopic (exact) mass is 1060 g/mol. The summed E-state index contributed by atoms with van der Waals surface area (Å²) in [6.07, 6.45) is -3.63. The Balaban J connectivity index is 0.00000657. The number of nitriles is 2. The smallest absolute Gasteiger partial charge is 0.341 e. The minimum atomic E-state index is -2.91. The van der Waals surface area contributed by atoms with Gasteiger partial charge in [0.2, 0.25) is 0 Å². The number of nitrogens with zero attached hydrogens (tertiary/aromatic N) is 7. The number of pyridine rings is 4. The largest absolute Gasteiger partial charge is 3.00 e. The number of imidazole rings is 1. The Morgan fingerprint density at radius 3 is 1.75 bits per heavy atom. The molecule has 0 saturated heterocycles. The molecular formula is C60H38IrN7. The number of rotatable bonds is 11. The van der Waals surface area contributed by atoms with Gasteiger partial charge in [-0.15, -0.1) is 89.3 Å². The van der Waals surface area contributed by atoms with Crippen molar-refractivity contribution < 1.29 is 31.1 Å². The van der Waals surface area contributed by atoms with E-state index in [1.807, 2.05) is 71.1 Å². The SMILES string of the molecule is [2H]C([2H])(c1ccc(-c2[c-]ccc(C#N)c2)nc1)C([2H])([2H])c1cc(-c2ccccc2-c2cnc3c4[c-]cccc4n4cncc4c3c2-c2ccccc2)cc(C([2H])([2H])C([2H])([2H])c2ccc(-c3[c-]ccc(C#N)c3)nc2)c1.[Ir+3]. The van der Waals surface area contributed by atoms with Crippen LogP contribution in [-0.4, -0.2) is 24.3 Å². The molecule has 0 atom stereocenters. The van der Waals surface area contributed by atoms with Gasteiger partial charge in [0, 0.05) is 35.1 Å². The normalized spacial score (nSPS) is 13.6. The Bertz CT molecular complexity index is 3970. The number of benzene rings is 6. The number of aryl methyl sites for hydroxylation is 4. The fourth-order valence-corrected chi connectivity index (χ4v) is 8.36. The van der Waals surface area contributed by atoms with Gasteiger partial charge in [0.05, 0.1) is 30.2 Å². The summed E-state index contributed by atoms with van der Waals surface area (Å²) in [5.74, 6) is 0. The maximum absolute atomic E-state index is 9.73.